The summed E-state index contributed by atoms with van der Waals surface area (Å²) >= 11 is 0. The first-order chi connectivity index (χ1) is 17.8. The van der Waals surface area contributed by atoms with Gasteiger partial charge in [0.15, 0.2) is 12.4 Å². The van der Waals surface area contributed by atoms with Crippen molar-refractivity contribution in [2.45, 2.75) is 13.3 Å². The Balaban J connectivity index is 1.27. The van der Waals surface area contributed by atoms with E-state index in [9.17, 15) is 24.5 Å². The van der Waals surface area contributed by atoms with Crippen LogP contribution in [0.1, 0.15) is 23.7 Å². The molecular formula is C27H24N2O8. The third kappa shape index (κ3) is 6.29. The molecule has 0 N–H and O–H groups in total. The maximum atomic E-state index is 12.5. The standard InChI is InChI=1S/C27H24N2O8/c1-2-35-22-11-5-20(6-12-22)28-16-19(15-26(28)31)27(32)36-17-25(30)18-3-9-23(10-4-18)37-24-13-7-21(8-14-24)29(33)34/h3-14,19H,2,15-17H2,1H3/t19-/m1/s1. The summed E-state index contributed by atoms with van der Waals surface area (Å²) in [5, 5.41) is 10.7. The Kier molecular flexibility index (Phi) is 7.77. The van der Waals surface area contributed by atoms with Crippen LogP contribution in [0.15, 0.2) is 72.8 Å². The molecule has 0 aromatic heterocycles. The first-order valence-electron chi connectivity index (χ1n) is 11.6. The van der Waals surface area contributed by atoms with Gasteiger partial charge in [-0.25, -0.2) is 0 Å². The van der Waals surface area contributed by atoms with Crippen molar-refractivity contribution in [3.8, 4) is 17.2 Å². The third-order valence-electron chi connectivity index (χ3n) is 5.72. The van der Waals surface area contributed by atoms with Crippen LogP contribution < -0.4 is 14.4 Å². The number of rotatable bonds is 10. The second-order valence-electron chi connectivity index (χ2n) is 8.24. The maximum Gasteiger partial charge on any atom is 0.311 e. The number of ketones is 1. The molecule has 0 spiro atoms. The first-order valence-corrected chi connectivity index (χ1v) is 11.6. The van der Waals surface area contributed by atoms with Gasteiger partial charge in [0.1, 0.15) is 17.2 Å². The Morgan fingerprint density at radius 2 is 1.54 bits per heavy atom. The van der Waals surface area contributed by atoms with E-state index in [4.69, 9.17) is 14.2 Å². The van der Waals surface area contributed by atoms with E-state index >= 15 is 0 Å². The van der Waals surface area contributed by atoms with Crippen LogP contribution in [0.2, 0.25) is 0 Å². The Labute approximate surface area is 212 Å². The number of Topliss-reactive ketones (excluding diaryl/α,β-unsaturated/α-hetero) is 1. The molecule has 190 valence electrons. The van der Waals surface area contributed by atoms with Gasteiger partial charge in [-0.05, 0) is 67.6 Å². The number of carbonyl (C=O) groups excluding carboxylic acids is 3. The Bertz CT molecular complexity index is 1290. The number of nitrogens with zero attached hydrogens (tertiary/aromatic N) is 2. The number of benzene rings is 3. The minimum absolute atomic E-state index is 0.00884. The summed E-state index contributed by atoms with van der Waals surface area (Å²) in [6, 6.07) is 18.9. The average molecular weight is 504 g/mol. The summed E-state index contributed by atoms with van der Waals surface area (Å²) in [6.45, 7) is 2.14. The average Bonchev–Trinajstić information content (AvgIpc) is 3.30. The summed E-state index contributed by atoms with van der Waals surface area (Å²) in [6.07, 6.45) is 0.00884. The van der Waals surface area contributed by atoms with Crippen LogP contribution in [0.4, 0.5) is 11.4 Å². The van der Waals surface area contributed by atoms with Gasteiger partial charge in [-0.3, -0.25) is 24.5 Å². The highest BCUT2D eigenvalue weighted by molar-refractivity contribution is 6.01. The molecule has 0 saturated carbocycles. The summed E-state index contributed by atoms with van der Waals surface area (Å²) in [5.74, 6) is -0.329. The minimum Gasteiger partial charge on any atom is -0.494 e. The summed E-state index contributed by atoms with van der Waals surface area (Å²) in [5.41, 5.74) is 0.937. The number of carbonyl (C=O) groups is 3. The predicted molar refractivity (Wildman–Crippen MR) is 133 cm³/mol. The molecule has 10 heteroatoms. The lowest BCUT2D eigenvalue weighted by Crippen LogP contribution is -2.27. The van der Waals surface area contributed by atoms with Gasteiger partial charge in [-0.15, -0.1) is 0 Å². The smallest absolute Gasteiger partial charge is 0.311 e. The SMILES string of the molecule is CCOc1ccc(N2C[C@H](C(=O)OCC(=O)c3ccc(Oc4ccc([N+](=O)[O-])cc4)cc3)CC2=O)cc1. The van der Waals surface area contributed by atoms with E-state index in [0.29, 0.717) is 35.1 Å². The lowest BCUT2D eigenvalue weighted by atomic mass is 10.1. The lowest BCUT2D eigenvalue weighted by Gasteiger charge is -2.17. The molecule has 1 aliphatic rings. The van der Waals surface area contributed by atoms with Crippen LogP contribution in [0.25, 0.3) is 0 Å². The fraction of sp³-hybridized carbons (Fsp3) is 0.222. The zero-order chi connectivity index (χ0) is 26.4. The second kappa shape index (κ2) is 11.3. The number of anilines is 1. The van der Waals surface area contributed by atoms with E-state index in [2.05, 4.69) is 0 Å². The summed E-state index contributed by atoms with van der Waals surface area (Å²) < 4.78 is 16.2. The molecule has 1 atom stereocenters. The van der Waals surface area contributed by atoms with Crippen molar-refractivity contribution < 1.29 is 33.5 Å². The molecule has 1 saturated heterocycles. The number of nitro groups is 1. The van der Waals surface area contributed by atoms with E-state index < -0.39 is 29.2 Å². The summed E-state index contributed by atoms with van der Waals surface area (Å²) in [7, 11) is 0. The third-order valence-corrected chi connectivity index (χ3v) is 5.72. The van der Waals surface area contributed by atoms with Gasteiger partial charge in [0, 0.05) is 36.3 Å². The fourth-order valence-electron chi connectivity index (χ4n) is 3.82. The Hall–Kier alpha value is -4.73. The molecule has 1 fully saturated rings. The van der Waals surface area contributed by atoms with E-state index in [-0.39, 0.29) is 24.6 Å². The highest BCUT2D eigenvalue weighted by Crippen LogP contribution is 2.28. The van der Waals surface area contributed by atoms with Crippen molar-refractivity contribution in [3.05, 3.63) is 88.5 Å². The molecule has 1 aliphatic heterocycles. The van der Waals surface area contributed by atoms with Crippen LogP contribution in [-0.4, -0.2) is 42.3 Å². The topological polar surface area (TPSA) is 125 Å². The van der Waals surface area contributed by atoms with Gasteiger partial charge < -0.3 is 19.1 Å². The first kappa shape index (κ1) is 25.4. The number of non-ortho nitro benzene ring substituents is 1. The maximum absolute atomic E-state index is 12.5. The van der Waals surface area contributed by atoms with Gasteiger partial charge in [0.05, 0.1) is 17.4 Å². The van der Waals surface area contributed by atoms with Crippen molar-refractivity contribution in [3.63, 3.8) is 0 Å². The molecule has 1 heterocycles. The second-order valence-corrected chi connectivity index (χ2v) is 8.24. The highest BCUT2D eigenvalue weighted by atomic mass is 16.6. The molecule has 3 aromatic rings. The van der Waals surface area contributed by atoms with Crippen LogP contribution >= 0.6 is 0 Å². The van der Waals surface area contributed by atoms with Crippen LogP contribution in [0.3, 0.4) is 0 Å². The zero-order valence-corrected chi connectivity index (χ0v) is 20.0. The quantitative estimate of drug-likeness (QED) is 0.170. The Morgan fingerprint density at radius 3 is 2.14 bits per heavy atom. The van der Waals surface area contributed by atoms with E-state index in [1.165, 1.54) is 41.3 Å². The van der Waals surface area contributed by atoms with Gasteiger partial charge in [-0.1, -0.05) is 0 Å². The molecule has 10 nitrogen and oxygen atoms in total. The van der Waals surface area contributed by atoms with Crippen molar-refractivity contribution in [1.29, 1.82) is 0 Å². The molecule has 0 aliphatic carbocycles. The van der Waals surface area contributed by atoms with Gasteiger partial charge in [0.2, 0.25) is 5.91 Å². The number of ether oxygens (including phenoxy) is 3. The number of amides is 1. The van der Waals surface area contributed by atoms with Gasteiger partial charge in [-0.2, -0.15) is 0 Å². The van der Waals surface area contributed by atoms with Crippen molar-refractivity contribution in [2.75, 3.05) is 24.7 Å². The van der Waals surface area contributed by atoms with E-state index in [1.54, 1.807) is 36.4 Å². The zero-order valence-electron chi connectivity index (χ0n) is 20.0. The number of hydrogen-bond donors (Lipinski definition) is 0. The molecular weight excluding hydrogens is 480 g/mol. The molecule has 1 amide bonds. The number of nitro benzene ring substituents is 1. The lowest BCUT2D eigenvalue weighted by molar-refractivity contribution is -0.384. The normalized spacial score (nSPS) is 14.8. The molecule has 4 rings (SSSR count). The van der Waals surface area contributed by atoms with Crippen LogP contribution in [-0.2, 0) is 14.3 Å². The summed E-state index contributed by atoms with van der Waals surface area (Å²) in [4.78, 5) is 49.2. The molecule has 3 aromatic carbocycles. The van der Waals surface area contributed by atoms with Crippen molar-refractivity contribution >= 4 is 29.0 Å². The van der Waals surface area contributed by atoms with Crippen molar-refractivity contribution in [2.24, 2.45) is 5.92 Å². The van der Waals surface area contributed by atoms with Gasteiger partial charge >= 0.3 is 5.97 Å². The van der Waals surface area contributed by atoms with Crippen LogP contribution in [0.5, 0.6) is 17.2 Å². The molecule has 0 bridgehead atoms. The minimum atomic E-state index is -0.663. The van der Waals surface area contributed by atoms with E-state index in [0.717, 1.165) is 0 Å². The highest BCUT2D eigenvalue weighted by Gasteiger charge is 2.36. The number of hydrogen-bond acceptors (Lipinski definition) is 8. The molecule has 0 radical (unpaired) electrons. The molecule has 0 unspecified atom stereocenters. The monoisotopic (exact) mass is 504 g/mol. The van der Waals surface area contributed by atoms with Crippen molar-refractivity contribution in [1.82, 2.24) is 0 Å². The van der Waals surface area contributed by atoms with E-state index in [1.807, 2.05) is 6.92 Å². The fourth-order valence-corrected chi connectivity index (χ4v) is 3.82. The van der Waals surface area contributed by atoms with Gasteiger partial charge in [0.25, 0.3) is 5.69 Å². The number of esters is 1. The van der Waals surface area contributed by atoms with Crippen LogP contribution in [0, 0.1) is 16.0 Å². The predicted octanol–water partition coefficient (Wildman–Crippen LogP) is 4.56. The molecule has 37 heavy (non-hydrogen) atoms. The largest absolute Gasteiger partial charge is 0.494 e. The Morgan fingerprint density at radius 1 is 0.946 bits per heavy atom.